The topological polar surface area (TPSA) is 108 Å². The predicted molar refractivity (Wildman–Crippen MR) is 154 cm³/mol. The number of aryl methyl sites for hydroxylation is 2. The molecular formula is C29H43F3N4O4S. The van der Waals surface area contributed by atoms with Crippen LogP contribution in [0.2, 0.25) is 0 Å². The number of anilines is 1. The first-order chi connectivity index (χ1) is 19.2. The highest BCUT2D eigenvalue weighted by molar-refractivity contribution is 7.89. The molecule has 1 aromatic carbocycles. The summed E-state index contributed by atoms with van der Waals surface area (Å²) in [5.41, 5.74) is 2.58. The Kier molecular flexibility index (Phi) is 11.4. The van der Waals surface area contributed by atoms with Crippen LogP contribution in [-0.4, -0.2) is 60.9 Å². The van der Waals surface area contributed by atoms with Crippen LogP contribution < -0.4 is 10.6 Å². The molecule has 2 N–H and O–H groups in total. The van der Waals surface area contributed by atoms with Gasteiger partial charge in [-0.25, -0.2) is 12.7 Å². The van der Waals surface area contributed by atoms with Gasteiger partial charge in [0.25, 0.3) is 5.91 Å². The van der Waals surface area contributed by atoms with Crippen LogP contribution in [0.3, 0.4) is 0 Å². The number of nitrogens with one attached hydrogen (secondary N) is 2. The summed E-state index contributed by atoms with van der Waals surface area (Å²) < 4.78 is 64.4. The summed E-state index contributed by atoms with van der Waals surface area (Å²) in [5.74, 6) is 0.316. The number of nitrogens with zero attached hydrogens (tertiary/aromatic N) is 2. The highest BCUT2D eigenvalue weighted by atomic mass is 32.2. The van der Waals surface area contributed by atoms with E-state index in [-0.39, 0.29) is 37.1 Å². The van der Waals surface area contributed by atoms with Crippen molar-refractivity contribution in [2.45, 2.75) is 110 Å². The van der Waals surface area contributed by atoms with Crippen LogP contribution in [0.4, 0.5) is 18.9 Å². The fraction of sp³-hybridized carbons (Fsp3) is 0.690. The zero-order chi connectivity index (χ0) is 30.3. The maximum atomic E-state index is 13.2. The van der Waals surface area contributed by atoms with E-state index in [0.29, 0.717) is 50.0 Å². The molecule has 41 heavy (non-hydrogen) atoms. The Morgan fingerprint density at radius 1 is 1.02 bits per heavy atom. The average Bonchev–Trinajstić information content (AvgIpc) is 3.18. The fourth-order valence-electron chi connectivity index (χ4n) is 5.57. The van der Waals surface area contributed by atoms with E-state index in [4.69, 9.17) is 0 Å². The van der Waals surface area contributed by atoms with E-state index in [9.17, 15) is 31.2 Å². The first-order valence-corrected chi connectivity index (χ1v) is 16.2. The number of unbranched alkanes of at least 4 members (excludes halogenated alkanes) is 5. The minimum absolute atomic E-state index is 0.0424. The molecule has 8 nitrogen and oxygen atoms in total. The van der Waals surface area contributed by atoms with Crippen molar-refractivity contribution >= 4 is 33.4 Å². The molecule has 0 radical (unpaired) electrons. The molecule has 1 aromatic rings. The zero-order valence-corrected chi connectivity index (χ0v) is 25.1. The number of amidine groups is 1. The third-order valence-electron chi connectivity index (χ3n) is 8.01. The third-order valence-corrected chi connectivity index (χ3v) is 9.88. The Labute approximate surface area is 241 Å². The second-order valence-corrected chi connectivity index (χ2v) is 13.3. The first-order valence-electron chi connectivity index (χ1n) is 14.6. The lowest BCUT2D eigenvalue weighted by Crippen LogP contribution is -2.50. The van der Waals surface area contributed by atoms with Crippen LogP contribution in [0.25, 0.3) is 0 Å². The smallest absolute Gasteiger partial charge is 0.326 e. The van der Waals surface area contributed by atoms with Gasteiger partial charge in [-0.15, -0.1) is 0 Å². The molecule has 2 amide bonds. The van der Waals surface area contributed by atoms with Crippen LogP contribution in [0.1, 0.15) is 94.2 Å². The number of benzene rings is 1. The summed E-state index contributed by atoms with van der Waals surface area (Å²) in [4.78, 5) is 29.2. The summed E-state index contributed by atoms with van der Waals surface area (Å²) in [6.45, 7) is 6.06. The Hall–Kier alpha value is -2.47. The van der Waals surface area contributed by atoms with Gasteiger partial charge in [0, 0.05) is 38.0 Å². The van der Waals surface area contributed by atoms with Gasteiger partial charge in [0.05, 0.1) is 5.75 Å². The van der Waals surface area contributed by atoms with Crippen LogP contribution >= 0.6 is 0 Å². The number of sulfonamides is 1. The van der Waals surface area contributed by atoms with Gasteiger partial charge in [-0.1, -0.05) is 32.6 Å². The average molecular weight is 601 g/mol. The van der Waals surface area contributed by atoms with Gasteiger partial charge in [-0.2, -0.15) is 13.2 Å². The van der Waals surface area contributed by atoms with Gasteiger partial charge in [-0.05, 0) is 74.8 Å². The van der Waals surface area contributed by atoms with Crippen molar-refractivity contribution < 1.29 is 31.2 Å². The molecule has 0 unspecified atom stereocenters. The Morgan fingerprint density at radius 3 is 2.20 bits per heavy atom. The van der Waals surface area contributed by atoms with E-state index >= 15 is 0 Å². The molecule has 2 aliphatic rings. The maximum Gasteiger partial charge on any atom is 0.389 e. The van der Waals surface area contributed by atoms with Crippen LogP contribution in [0, 0.1) is 13.8 Å². The van der Waals surface area contributed by atoms with Gasteiger partial charge in [-0.3, -0.25) is 14.6 Å². The highest BCUT2D eigenvalue weighted by Gasteiger charge is 2.47. The van der Waals surface area contributed by atoms with Crippen molar-refractivity contribution in [2.24, 2.45) is 4.99 Å². The molecule has 230 valence electrons. The molecule has 0 aliphatic carbocycles. The second-order valence-electron chi connectivity index (χ2n) is 11.2. The van der Waals surface area contributed by atoms with Crippen molar-refractivity contribution in [2.75, 3.05) is 24.2 Å². The maximum absolute atomic E-state index is 13.2. The Balaban J connectivity index is 1.45. The fourth-order valence-corrected chi connectivity index (χ4v) is 7.03. The molecule has 12 heteroatoms. The Morgan fingerprint density at radius 2 is 1.61 bits per heavy atom. The molecule has 0 atom stereocenters. The molecule has 0 saturated carbocycles. The quantitative estimate of drug-likeness (QED) is 0.272. The molecule has 0 bridgehead atoms. The third kappa shape index (κ3) is 9.52. The minimum atomic E-state index is -4.09. The lowest BCUT2D eigenvalue weighted by atomic mass is 9.89. The van der Waals surface area contributed by atoms with E-state index < -0.39 is 28.2 Å². The van der Waals surface area contributed by atoms with Crippen LogP contribution in [0.15, 0.2) is 17.1 Å². The van der Waals surface area contributed by atoms with Crippen LogP contribution in [-0.2, 0) is 26.0 Å². The number of halogens is 3. The summed E-state index contributed by atoms with van der Waals surface area (Å²) in [6.07, 6.45) is 1.12. The molecule has 2 aliphatic heterocycles. The molecule has 2 heterocycles. The lowest BCUT2D eigenvalue weighted by molar-refractivity contribution is -0.135. The van der Waals surface area contributed by atoms with E-state index in [1.165, 1.54) is 4.31 Å². The van der Waals surface area contributed by atoms with Crippen molar-refractivity contribution in [1.29, 1.82) is 0 Å². The Bertz CT molecular complexity index is 1200. The number of carbonyl (C=O) groups excluding carboxylic acids is 2. The van der Waals surface area contributed by atoms with E-state index in [1.54, 1.807) is 6.92 Å². The van der Waals surface area contributed by atoms with Gasteiger partial charge in [0.15, 0.2) is 0 Å². The molecule has 0 aromatic heterocycles. The summed E-state index contributed by atoms with van der Waals surface area (Å²) in [7, 11) is -3.54. The molecule has 3 rings (SSSR count). The van der Waals surface area contributed by atoms with Gasteiger partial charge >= 0.3 is 6.18 Å². The van der Waals surface area contributed by atoms with Gasteiger partial charge < -0.3 is 10.6 Å². The van der Waals surface area contributed by atoms with Crippen molar-refractivity contribution in [3.63, 3.8) is 0 Å². The molecule has 1 saturated heterocycles. The van der Waals surface area contributed by atoms with E-state index in [2.05, 4.69) is 15.6 Å². The number of piperidine rings is 1. The monoisotopic (exact) mass is 600 g/mol. The highest BCUT2D eigenvalue weighted by Crippen LogP contribution is 2.32. The second kappa shape index (κ2) is 14.1. The number of hydrogen-bond acceptors (Lipinski definition) is 5. The number of amides is 2. The van der Waals surface area contributed by atoms with Crippen molar-refractivity contribution in [3.05, 3.63) is 28.8 Å². The van der Waals surface area contributed by atoms with Crippen molar-refractivity contribution in [3.8, 4) is 0 Å². The summed E-state index contributed by atoms with van der Waals surface area (Å²) in [6, 6.07) is 3.72. The van der Waals surface area contributed by atoms with E-state index in [1.807, 2.05) is 26.0 Å². The first kappa shape index (κ1) is 33.0. The molecular weight excluding hydrogens is 557 g/mol. The van der Waals surface area contributed by atoms with Crippen LogP contribution in [0.5, 0.6) is 0 Å². The summed E-state index contributed by atoms with van der Waals surface area (Å²) in [5, 5.41) is 5.71. The zero-order valence-electron chi connectivity index (χ0n) is 24.3. The largest absolute Gasteiger partial charge is 0.389 e. The molecule has 1 spiro atoms. The summed E-state index contributed by atoms with van der Waals surface area (Å²) >= 11 is 0. The van der Waals surface area contributed by atoms with Gasteiger partial charge in [0.2, 0.25) is 15.9 Å². The number of rotatable bonds is 14. The normalized spacial score (nSPS) is 17.5. The standard InChI is InChI=1S/C29H43F3N4O4S/c1-4-26(37)33-23-19-21(2)24(22(3)20-23)12-18-41(39,40)36-16-14-28(15-17-36)27(38)34-25(35-28)11-9-7-5-6-8-10-13-29(30,31)32/h19-20H,4-18H2,1-3H3,(H,33,37)(H,34,35,38). The van der Waals surface area contributed by atoms with Crippen molar-refractivity contribution in [1.82, 2.24) is 9.62 Å². The number of carbonyl (C=O) groups is 2. The molecule has 1 fully saturated rings. The number of aliphatic imine (C=N–C) groups is 1. The lowest BCUT2D eigenvalue weighted by Gasteiger charge is -2.34. The minimum Gasteiger partial charge on any atom is -0.326 e. The van der Waals surface area contributed by atoms with E-state index in [0.717, 1.165) is 42.4 Å². The number of hydrogen-bond donors (Lipinski definition) is 2. The predicted octanol–water partition coefficient (Wildman–Crippen LogP) is 5.57. The van der Waals surface area contributed by atoms with Gasteiger partial charge in [0.1, 0.15) is 11.4 Å². The number of alkyl halides is 3. The SMILES string of the molecule is CCC(=O)Nc1cc(C)c(CCS(=O)(=O)N2CCC3(CC2)N=C(CCCCCCCCC(F)(F)F)NC3=O)c(C)c1.